The van der Waals surface area contributed by atoms with Crippen molar-refractivity contribution in [1.82, 2.24) is 5.32 Å². The van der Waals surface area contributed by atoms with Gasteiger partial charge in [-0.25, -0.2) is 4.79 Å². The van der Waals surface area contributed by atoms with Crippen molar-refractivity contribution >= 4 is 34.8 Å². The van der Waals surface area contributed by atoms with Gasteiger partial charge >= 0.3 is 6.03 Å². The Balaban J connectivity index is 3.00. The molecule has 0 aliphatic rings. The third kappa shape index (κ3) is 3.65. The van der Waals surface area contributed by atoms with Gasteiger partial charge in [-0.3, -0.25) is 10.1 Å². The fourth-order valence-corrected chi connectivity index (χ4v) is 1.77. The lowest BCUT2D eigenvalue weighted by molar-refractivity contribution is -0.120. The minimum Gasteiger partial charge on any atom is -0.389 e. The molecule has 3 amide bonds. The van der Waals surface area contributed by atoms with Crippen LogP contribution in [0.3, 0.4) is 0 Å². The molecule has 7 heteroatoms. The molecule has 0 aromatic heterocycles. The summed E-state index contributed by atoms with van der Waals surface area (Å²) in [6.45, 7) is 1.65. The third-order valence-corrected chi connectivity index (χ3v) is 2.98. The first-order valence-corrected chi connectivity index (χ1v) is 5.97. The van der Waals surface area contributed by atoms with Gasteiger partial charge in [0, 0.05) is 18.3 Å². The number of carbonyl (C=O) groups is 2. The Hall–Kier alpha value is -2.15. The Morgan fingerprint density at radius 1 is 1.32 bits per heavy atom. The second kappa shape index (κ2) is 6.14. The zero-order chi connectivity index (χ0) is 14.6. The Morgan fingerprint density at radius 2 is 1.89 bits per heavy atom. The van der Waals surface area contributed by atoms with Gasteiger partial charge in [-0.1, -0.05) is 24.4 Å². The summed E-state index contributed by atoms with van der Waals surface area (Å²) in [5.41, 5.74) is 11.9. The monoisotopic (exact) mass is 280 g/mol. The highest BCUT2D eigenvalue weighted by Gasteiger charge is 2.21. The van der Waals surface area contributed by atoms with Crippen LogP contribution in [0.1, 0.15) is 12.5 Å². The largest absolute Gasteiger partial charge is 0.389 e. The summed E-state index contributed by atoms with van der Waals surface area (Å²) in [7, 11) is 1.71. The van der Waals surface area contributed by atoms with Crippen molar-refractivity contribution in [2.24, 2.45) is 11.5 Å². The second-order valence-corrected chi connectivity index (χ2v) is 4.46. The molecule has 1 rings (SSSR count). The molecule has 0 spiro atoms. The third-order valence-electron chi connectivity index (χ3n) is 2.76. The van der Waals surface area contributed by atoms with E-state index in [1.165, 1.54) is 0 Å². The molecule has 19 heavy (non-hydrogen) atoms. The maximum Gasteiger partial charge on any atom is 0.318 e. The maximum atomic E-state index is 11.7. The lowest BCUT2D eigenvalue weighted by Crippen LogP contribution is -2.47. The zero-order valence-electron chi connectivity index (χ0n) is 10.7. The minimum absolute atomic E-state index is 0.241. The molecular formula is C12H16N4O2S. The summed E-state index contributed by atoms with van der Waals surface area (Å²) in [5.74, 6) is -0.493. The highest BCUT2D eigenvalue weighted by Crippen LogP contribution is 2.21. The van der Waals surface area contributed by atoms with Crippen LogP contribution < -0.4 is 21.7 Å². The van der Waals surface area contributed by atoms with E-state index in [1.807, 2.05) is 11.4 Å². The average molecular weight is 280 g/mol. The number of nitrogens with zero attached hydrogens (tertiary/aromatic N) is 1. The lowest BCUT2D eigenvalue weighted by Gasteiger charge is -2.27. The summed E-state index contributed by atoms with van der Waals surface area (Å²) in [6.07, 6.45) is 0. The van der Waals surface area contributed by atoms with E-state index in [1.54, 1.807) is 37.1 Å². The van der Waals surface area contributed by atoms with E-state index in [0.717, 1.165) is 0 Å². The fraction of sp³-hybridized carbons (Fsp3) is 0.250. The van der Waals surface area contributed by atoms with Gasteiger partial charge in [0.1, 0.15) is 11.0 Å². The van der Waals surface area contributed by atoms with Crippen LogP contribution in [0.4, 0.5) is 10.5 Å². The first-order valence-electron chi connectivity index (χ1n) is 5.56. The van der Waals surface area contributed by atoms with Crippen LogP contribution in [0.2, 0.25) is 0 Å². The van der Waals surface area contributed by atoms with Crippen molar-refractivity contribution in [3.8, 4) is 0 Å². The molecule has 0 fully saturated rings. The number of urea groups is 1. The number of anilines is 1. The number of benzene rings is 1. The molecule has 1 unspecified atom stereocenters. The molecule has 0 radical (unpaired) electrons. The van der Waals surface area contributed by atoms with E-state index in [0.29, 0.717) is 11.3 Å². The number of hydrogen-bond acceptors (Lipinski definition) is 4. The molecule has 0 aliphatic carbocycles. The summed E-state index contributed by atoms with van der Waals surface area (Å²) < 4.78 is 0. The van der Waals surface area contributed by atoms with Crippen LogP contribution in [-0.4, -0.2) is 30.0 Å². The van der Waals surface area contributed by atoms with Gasteiger partial charge in [0.05, 0.1) is 0 Å². The lowest BCUT2D eigenvalue weighted by atomic mass is 10.1. The molecule has 0 aliphatic heterocycles. The number of thiocarbonyl (C=S) groups is 1. The highest BCUT2D eigenvalue weighted by atomic mass is 32.1. The van der Waals surface area contributed by atoms with Gasteiger partial charge in [0.25, 0.3) is 0 Å². The molecule has 0 heterocycles. The Morgan fingerprint density at radius 3 is 2.42 bits per heavy atom. The van der Waals surface area contributed by atoms with Gasteiger partial charge in [0.2, 0.25) is 5.91 Å². The van der Waals surface area contributed by atoms with Crippen LogP contribution in [0.5, 0.6) is 0 Å². The van der Waals surface area contributed by atoms with Crippen LogP contribution in [-0.2, 0) is 4.79 Å². The van der Waals surface area contributed by atoms with Crippen molar-refractivity contribution in [3.05, 3.63) is 29.8 Å². The zero-order valence-corrected chi connectivity index (χ0v) is 11.5. The Bertz CT molecular complexity index is 518. The van der Waals surface area contributed by atoms with Crippen LogP contribution in [0.25, 0.3) is 0 Å². The number of primary amides is 1. The number of likely N-dealkylation sites (N-methyl/N-ethyl adjacent to an activating group) is 1. The number of carbonyl (C=O) groups excluding carboxylic acids is 2. The molecule has 5 N–H and O–H groups in total. The van der Waals surface area contributed by atoms with Gasteiger partial charge < -0.3 is 16.4 Å². The number of hydrogen-bond donors (Lipinski definition) is 3. The fourth-order valence-electron chi connectivity index (χ4n) is 1.60. The molecule has 0 bridgehead atoms. The predicted molar refractivity (Wildman–Crippen MR) is 77.9 cm³/mol. The smallest absolute Gasteiger partial charge is 0.318 e. The molecular weight excluding hydrogens is 264 g/mol. The summed E-state index contributed by atoms with van der Waals surface area (Å²) in [6, 6.07) is 5.71. The van der Waals surface area contributed by atoms with Crippen LogP contribution >= 0.6 is 12.2 Å². The molecule has 6 nitrogen and oxygen atoms in total. The SMILES string of the molecule is CC(C(=O)NC(N)=O)N(C)c1ccccc1C(N)=S. The summed E-state index contributed by atoms with van der Waals surface area (Å²) >= 11 is 4.97. The maximum absolute atomic E-state index is 11.7. The number of para-hydroxylation sites is 1. The molecule has 1 aromatic carbocycles. The molecule has 1 aromatic rings. The summed E-state index contributed by atoms with van der Waals surface area (Å²) in [5, 5.41) is 2.04. The first kappa shape index (κ1) is 14.9. The van der Waals surface area contributed by atoms with Crippen molar-refractivity contribution in [1.29, 1.82) is 0 Å². The topological polar surface area (TPSA) is 101 Å². The van der Waals surface area contributed by atoms with E-state index < -0.39 is 18.0 Å². The van der Waals surface area contributed by atoms with E-state index in [2.05, 4.69) is 0 Å². The van der Waals surface area contributed by atoms with Gasteiger partial charge in [-0.15, -0.1) is 0 Å². The number of nitrogens with two attached hydrogens (primary N) is 2. The molecule has 1 atom stereocenters. The Labute approximate surface area is 116 Å². The van der Waals surface area contributed by atoms with Crippen LogP contribution in [0, 0.1) is 0 Å². The van der Waals surface area contributed by atoms with E-state index in [4.69, 9.17) is 23.7 Å². The average Bonchev–Trinajstić information content (AvgIpc) is 2.36. The number of nitrogens with one attached hydrogen (secondary N) is 1. The molecule has 0 saturated heterocycles. The van der Waals surface area contributed by atoms with Gasteiger partial charge in [-0.2, -0.15) is 0 Å². The molecule has 102 valence electrons. The van der Waals surface area contributed by atoms with Crippen LogP contribution in [0.15, 0.2) is 24.3 Å². The summed E-state index contributed by atoms with van der Waals surface area (Å²) in [4.78, 5) is 24.3. The molecule has 0 saturated carbocycles. The van der Waals surface area contributed by atoms with E-state index >= 15 is 0 Å². The standard InChI is InChI=1S/C12H16N4O2S/c1-7(11(17)15-12(14)18)16(2)9-6-4-3-5-8(9)10(13)19/h3-7H,1-2H3,(H2,13,19)(H3,14,15,17,18). The predicted octanol–water partition coefficient (Wildman–Crippen LogP) is 0.340. The van der Waals surface area contributed by atoms with Gasteiger partial charge in [0.15, 0.2) is 0 Å². The van der Waals surface area contributed by atoms with Crippen molar-refractivity contribution < 1.29 is 9.59 Å². The quantitative estimate of drug-likeness (QED) is 0.690. The van der Waals surface area contributed by atoms with E-state index in [9.17, 15) is 9.59 Å². The highest BCUT2D eigenvalue weighted by molar-refractivity contribution is 7.80. The van der Waals surface area contributed by atoms with E-state index in [-0.39, 0.29) is 4.99 Å². The normalized spacial score (nSPS) is 11.5. The van der Waals surface area contributed by atoms with Crippen molar-refractivity contribution in [2.45, 2.75) is 13.0 Å². The number of amides is 3. The van der Waals surface area contributed by atoms with Crippen molar-refractivity contribution in [2.75, 3.05) is 11.9 Å². The number of rotatable bonds is 4. The second-order valence-electron chi connectivity index (χ2n) is 4.02. The first-order chi connectivity index (χ1) is 8.84. The minimum atomic E-state index is -0.882. The Kier molecular flexibility index (Phi) is 4.82. The number of imide groups is 1. The van der Waals surface area contributed by atoms with Crippen molar-refractivity contribution in [3.63, 3.8) is 0 Å². The van der Waals surface area contributed by atoms with Gasteiger partial charge in [-0.05, 0) is 19.1 Å².